The van der Waals surface area contributed by atoms with E-state index in [-0.39, 0.29) is 4.92 Å². The Balaban J connectivity index is -0.000000485. The van der Waals surface area contributed by atoms with Crippen LogP contribution in [0.1, 0.15) is 50.2 Å². The summed E-state index contributed by atoms with van der Waals surface area (Å²) in [5.74, 6) is 0.679. The summed E-state index contributed by atoms with van der Waals surface area (Å²) in [6.07, 6.45) is 3.39. The van der Waals surface area contributed by atoms with Gasteiger partial charge < -0.3 is 11.1 Å². The number of benzene rings is 2. The first kappa shape index (κ1) is 48.0. The second kappa shape index (κ2) is 37.1. The Hall–Kier alpha value is 1.61. The number of aryl methyl sites for hydroxylation is 2. The van der Waals surface area contributed by atoms with Gasteiger partial charge in [0.1, 0.15) is 0 Å². The predicted molar refractivity (Wildman–Crippen MR) is 219 cm³/mol. The minimum atomic E-state index is -0.278. The first-order valence-corrected chi connectivity index (χ1v) is 39.1. The Kier molecular flexibility index (Phi) is 42.4. The molecule has 3 N–H and O–H groups in total. The average Bonchev–Trinajstić information content (AvgIpc) is 3.00. The zero-order valence-electron chi connectivity index (χ0n) is 24.5. The number of nitrogens with one attached hydrogen (secondary N) is 1. The molecular weight excluding hydrogens is 1270 g/mol. The van der Waals surface area contributed by atoms with Crippen molar-refractivity contribution in [2.45, 2.75) is 54.6 Å². The first-order chi connectivity index (χ1) is 20.2. The Morgan fingerprint density at radius 3 is 1.48 bits per heavy atom. The monoisotopic (exact) mass is 1310 g/mol. The van der Waals surface area contributed by atoms with Crippen LogP contribution in [0.25, 0.3) is 0 Å². The van der Waals surface area contributed by atoms with Crippen LogP contribution in [-0.2, 0) is 18.0 Å². The van der Waals surface area contributed by atoms with Crippen LogP contribution in [0.4, 0.5) is 5.95 Å². The third-order valence-electron chi connectivity index (χ3n) is 3.93. The van der Waals surface area contributed by atoms with Gasteiger partial charge in [0, 0.05) is 36.9 Å². The molecular formula is C28H39ClI6N6V-. The molecule has 14 heteroatoms. The molecule has 0 saturated carbocycles. The molecule has 0 fully saturated rings. The molecule has 2 aromatic heterocycles. The maximum atomic E-state index is 5.42. The van der Waals surface area contributed by atoms with Crippen LogP contribution in [0, 0.1) is 13.8 Å². The van der Waals surface area contributed by atoms with Crippen molar-refractivity contribution in [2.75, 3.05) is 5.32 Å². The summed E-state index contributed by atoms with van der Waals surface area (Å²) in [4.78, 5) is 15.6. The van der Waals surface area contributed by atoms with E-state index in [1.54, 1.807) is 18.5 Å². The molecule has 0 amide bonds. The molecule has 0 atom stereocenters. The molecule has 0 aliphatic rings. The first-order valence-electron chi connectivity index (χ1n) is 12.6. The van der Waals surface area contributed by atoms with Crippen molar-refractivity contribution in [2.24, 2.45) is 5.73 Å². The third-order valence-corrected chi connectivity index (χ3v) is 4.11. The number of aromatic nitrogens is 4. The van der Waals surface area contributed by atoms with Gasteiger partial charge in [-0.15, -0.1) is 0 Å². The molecule has 2 heterocycles. The van der Waals surface area contributed by atoms with Gasteiger partial charge in [0.05, 0.1) is 0 Å². The molecule has 4 aromatic rings. The predicted octanol–water partition coefficient (Wildman–Crippen LogP) is 8.46. The molecule has 0 aliphatic carbocycles. The van der Waals surface area contributed by atoms with Crippen molar-refractivity contribution in [3.05, 3.63) is 113 Å². The molecule has 0 unspecified atom stereocenters. The SMILES string of the molecule is CC.CC.Cc1ccnc(Cl)n1.Cc1ccnc(NCc2ccccc2)n1.I[I-]I.NCc1ccccc1.[I][V]([I])[I]. The number of anilines is 1. The number of halogens is 7. The van der Waals surface area contributed by atoms with E-state index in [2.05, 4.69) is 135 Å². The van der Waals surface area contributed by atoms with E-state index in [0.29, 0.717) is 31.0 Å². The van der Waals surface area contributed by atoms with Gasteiger partial charge in [0.15, 0.2) is 0 Å². The van der Waals surface area contributed by atoms with Gasteiger partial charge in [0.2, 0.25) is 11.2 Å². The molecule has 236 valence electrons. The van der Waals surface area contributed by atoms with Crippen LogP contribution in [0.2, 0.25) is 5.28 Å². The Labute approximate surface area is 325 Å². The molecule has 2 aromatic carbocycles. The summed E-state index contributed by atoms with van der Waals surface area (Å²) < 4.78 is 0. The fourth-order valence-corrected chi connectivity index (χ4v) is 2.53. The van der Waals surface area contributed by atoms with E-state index >= 15 is 0 Å². The van der Waals surface area contributed by atoms with Gasteiger partial charge >= 0.3 is 115 Å². The van der Waals surface area contributed by atoms with Crippen molar-refractivity contribution >= 4 is 115 Å². The topological polar surface area (TPSA) is 89.6 Å². The van der Waals surface area contributed by atoms with E-state index in [1.807, 2.05) is 96.1 Å². The van der Waals surface area contributed by atoms with E-state index in [0.717, 1.165) is 17.9 Å². The van der Waals surface area contributed by atoms with Crippen LogP contribution in [0.5, 0.6) is 0 Å². The van der Waals surface area contributed by atoms with Gasteiger partial charge in [-0.2, -0.15) is 0 Å². The second-order valence-corrected chi connectivity index (χ2v) is 58.7. The fourth-order valence-electron chi connectivity index (χ4n) is 2.34. The molecule has 4 rings (SSSR count). The van der Waals surface area contributed by atoms with E-state index in [9.17, 15) is 0 Å². The Morgan fingerprint density at radius 2 is 1.14 bits per heavy atom. The normalized spacial score (nSPS) is 8.71. The molecule has 6 nitrogen and oxygen atoms in total. The Bertz CT molecular complexity index is 1090. The summed E-state index contributed by atoms with van der Waals surface area (Å²) in [5.41, 5.74) is 9.63. The van der Waals surface area contributed by atoms with E-state index < -0.39 is 0 Å². The molecule has 0 saturated heterocycles. The summed E-state index contributed by atoms with van der Waals surface area (Å²) in [7, 11) is 0. The van der Waals surface area contributed by atoms with Gasteiger partial charge in [-0.3, -0.25) is 0 Å². The van der Waals surface area contributed by atoms with Crippen molar-refractivity contribution < 1.29 is 18.2 Å². The standard InChI is InChI=1S/C12H13N3.C7H9N.C5H5ClN2.2C2H6.I3.3HI.V/c1-10-7-8-13-12(15-10)14-9-11-5-3-2-4-6-11;8-6-7-4-2-1-3-5-7;1-4-2-3-7-5(6)8-4;2*1-2;1-3-2;;;;/h2-8H,9H2,1H3,(H,13,14,15);1-5H,6,8H2;2-3H,1H3;2*1-2H3;;3*1H;/q;;;;;-1;;;;+3/p-3. The zero-order valence-corrected chi connectivity index (χ0v) is 39.6. The summed E-state index contributed by atoms with van der Waals surface area (Å²) >= 11 is 18.1. The van der Waals surface area contributed by atoms with Gasteiger partial charge in [0.25, 0.3) is 0 Å². The number of nitrogens with zero attached hydrogens (tertiary/aromatic N) is 4. The second-order valence-electron chi connectivity index (χ2n) is 6.76. The molecule has 42 heavy (non-hydrogen) atoms. The van der Waals surface area contributed by atoms with Crippen molar-refractivity contribution in [3.8, 4) is 0 Å². The molecule has 0 aliphatic heterocycles. The minimum absolute atomic E-state index is 0.278. The third kappa shape index (κ3) is 34.5. The molecule has 0 bridgehead atoms. The number of rotatable bonds is 4. The summed E-state index contributed by atoms with van der Waals surface area (Å²) in [6, 6.07) is 23.9. The number of nitrogens with two attached hydrogens (primary N) is 1. The van der Waals surface area contributed by atoms with Crippen LogP contribution < -0.4 is 24.3 Å². The van der Waals surface area contributed by atoms with E-state index in [4.69, 9.17) is 17.3 Å². The fraction of sp³-hybridized carbons (Fsp3) is 0.286. The van der Waals surface area contributed by atoms with Crippen molar-refractivity contribution in [1.29, 1.82) is 0 Å². The maximum absolute atomic E-state index is 5.42. The molecule has 0 radical (unpaired) electrons. The van der Waals surface area contributed by atoms with Gasteiger partial charge in [-0.25, -0.2) is 19.9 Å². The van der Waals surface area contributed by atoms with Crippen LogP contribution in [-0.4, -0.2) is 19.9 Å². The van der Waals surface area contributed by atoms with Crippen LogP contribution in [0.3, 0.4) is 0 Å². The quantitative estimate of drug-likeness (QED) is 0.158. The number of hydrogen-bond donors (Lipinski definition) is 2. The zero-order chi connectivity index (χ0) is 32.6. The van der Waals surface area contributed by atoms with E-state index in [1.165, 1.54) is 11.1 Å². The van der Waals surface area contributed by atoms with Crippen molar-refractivity contribution in [1.82, 2.24) is 19.9 Å². The molecule has 0 spiro atoms. The summed E-state index contributed by atoms with van der Waals surface area (Å²) in [6.45, 7) is 13.2. The number of hydrogen-bond acceptors (Lipinski definition) is 6. The van der Waals surface area contributed by atoms with Crippen LogP contribution >= 0.6 is 109 Å². The van der Waals surface area contributed by atoms with Crippen molar-refractivity contribution in [3.63, 3.8) is 0 Å². The van der Waals surface area contributed by atoms with Gasteiger partial charge in [-0.05, 0) is 48.7 Å². The average molecular weight is 1310 g/mol. The Morgan fingerprint density at radius 1 is 0.738 bits per heavy atom. The summed E-state index contributed by atoms with van der Waals surface area (Å²) in [5, 5.41) is 3.49. The van der Waals surface area contributed by atoms with Gasteiger partial charge in [-0.1, -0.05) is 88.4 Å². The van der Waals surface area contributed by atoms with Crippen LogP contribution in [0.15, 0.2) is 85.2 Å².